The molecule has 4 heteroatoms. The van der Waals surface area contributed by atoms with Crippen molar-refractivity contribution >= 4 is 24.0 Å². The van der Waals surface area contributed by atoms with Crippen molar-refractivity contribution in [3.63, 3.8) is 0 Å². The number of hydrogen-bond donors (Lipinski definition) is 1. The van der Waals surface area contributed by atoms with Crippen LogP contribution >= 0.6 is 24.0 Å². The van der Waals surface area contributed by atoms with Crippen molar-refractivity contribution in [2.24, 2.45) is 0 Å². The van der Waals surface area contributed by atoms with E-state index in [0.29, 0.717) is 0 Å². The Hall–Kier alpha value is -0.960. The molecule has 0 fully saturated rings. The highest BCUT2D eigenvalue weighted by Gasteiger charge is 2.08. The predicted octanol–water partition coefficient (Wildman–Crippen LogP) is 4.05. The molecule has 0 aliphatic heterocycles. The Morgan fingerprint density at radius 3 is 2.71 bits per heavy atom. The van der Waals surface area contributed by atoms with Crippen molar-refractivity contribution in [2.75, 3.05) is 7.05 Å². The van der Waals surface area contributed by atoms with Gasteiger partial charge in [-0.3, -0.25) is 0 Å². The maximum Gasteiger partial charge on any atom is 0.134 e. The second-order valence-corrected chi connectivity index (χ2v) is 4.12. The van der Waals surface area contributed by atoms with Gasteiger partial charge < -0.3 is 9.73 Å². The van der Waals surface area contributed by atoms with E-state index in [1.165, 1.54) is 0 Å². The van der Waals surface area contributed by atoms with Crippen molar-refractivity contribution in [3.05, 3.63) is 46.7 Å². The van der Waals surface area contributed by atoms with Gasteiger partial charge in [-0.05, 0) is 37.7 Å². The molecule has 0 amide bonds. The molecule has 1 heterocycles. The van der Waals surface area contributed by atoms with Gasteiger partial charge in [-0.15, -0.1) is 12.4 Å². The zero-order valence-electron chi connectivity index (χ0n) is 9.79. The third-order valence-corrected chi connectivity index (χ3v) is 2.96. The van der Waals surface area contributed by atoms with Crippen LogP contribution < -0.4 is 5.32 Å². The zero-order valence-corrected chi connectivity index (χ0v) is 11.4. The van der Waals surface area contributed by atoms with E-state index in [4.69, 9.17) is 16.0 Å². The van der Waals surface area contributed by atoms with E-state index in [1.54, 1.807) is 0 Å². The second-order valence-electron chi connectivity index (χ2n) is 3.71. The van der Waals surface area contributed by atoms with Crippen molar-refractivity contribution < 1.29 is 4.42 Å². The quantitative estimate of drug-likeness (QED) is 0.911. The number of rotatable bonds is 3. The normalized spacial score (nSPS) is 10.1. The van der Waals surface area contributed by atoms with Gasteiger partial charge in [-0.1, -0.05) is 23.7 Å². The molecule has 1 aromatic heterocycles. The van der Waals surface area contributed by atoms with E-state index in [1.807, 2.05) is 44.3 Å². The van der Waals surface area contributed by atoms with Crippen molar-refractivity contribution in [2.45, 2.75) is 13.5 Å². The minimum atomic E-state index is 0. The number of hydrogen-bond acceptors (Lipinski definition) is 2. The molecule has 1 aromatic carbocycles. The Labute approximate surface area is 112 Å². The summed E-state index contributed by atoms with van der Waals surface area (Å²) in [5, 5.41) is 3.82. The Morgan fingerprint density at radius 1 is 1.24 bits per heavy atom. The molecule has 2 rings (SSSR count). The van der Waals surface area contributed by atoms with Crippen LogP contribution in [-0.2, 0) is 6.54 Å². The van der Waals surface area contributed by atoms with Crippen LogP contribution in [0.5, 0.6) is 0 Å². The third-order valence-electron chi connectivity index (χ3n) is 2.55. The summed E-state index contributed by atoms with van der Waals surface area (Å²) < 4.78 is 5.72. The zero-order chi connectivity index (χ0) is 11.5. The van der Waals surface area contributed by atoms with Crippen molar-refractivity contribution in [3.8, 4) is 11.3 Å². The minimum absolute atomic E-state index is 0. The van der Waals surface area contributed by atoms with Crippen LogP contribution in [0.1, 0.15) is 11.3 Å². The summed E-state index contributed by atoms with van der Waals surface area (Å²) in [6.07, 6.45) is 0. The molecule has 0 unspecified atom stereocenters. The van der Waals surface area contributed by atoms with Crippen LogP contribution in [0.25, 0.3) is 11.3 Å². The molecule has 0 spiro atoms. The van der Waals surface area contributed by atoms with E-state index in [2.05, 4.69) is 5.32 Å². The monoisotopic (exact) mass is 271 g/mol. The molecule has 0 saturated heterocycles. The van der Waals surface area contributed by atoms with Crippen LogP contribution in [0.2, 0.25) is 5.02 Å². The lowest BCUT2D eigenvalue weighted by molar-refractivity contribution is 0.507. The van der Waals surface area contributed by atoms with E-state index in [9.17, 15) is 0 Å². The largest absolute Gasteiger partial charge is 0.460 e. The van der Waals surface area contributed by atoms with Gasteiger partial charge in [0.1, 0.15) is 11.5 Å². The molecule has 92 valence electrons. The molecule has 0 bridgehead atoms. The second kappa shape index (κ2) is 6.10. The number of benzene rings is 1. The molecule has 17 heavy (non-hydrogen) atoms. The Bertz CT molecular complexity index is 494. The standard InChI is InChI=1S/C13H14ClNO.ClH/c1-9-11(4-3-5-12(9)14)13-7-6-10(16-13)8-15-2;/h3-7,15H,8H2,1-2H3;1H. The molecular weight excluding hydrogens is 257 g/mol. The van der Waals surface area contributed by atoms with E-state index >= 15 is 0 Å². The highest BCUT2D eigenvalue weighted by atomic mass is 35.5. The Balaban J connectivity index is 0.00000144. The lowest BCUT2D eigenvalue weighted by Crippen LogP contribution is -2.03. The molecule has 2 nitrogen and oxygen atoms in total. The summed E-state index contributed by atoms with van der Waals surface area (Å²) >= 11 is 6.08. The van der Waals surface area contributed by atoms with Crippen LogP contribution in [0, 0.1) is 6.92 Å². The van der Waals surface area contributed by atoms with Gasteiger partial charge in [0.25, 0.3) is 0 Å². The first kappa shape index (κ1) is 14.1. The Morgan fingerprint density at radius 2 is 2.00 bits per heavy atom. The molecule has 2 aromatic rings. The number of halogens is 2. The smallest absolute Gasteiger partial charge is 0.134 e. The molecule has 0 saturated carbocycles. The Kier molecular flexibility index (Phi) is 5.06. The maximum atomic E-state index is 6.08. The maximum absolute atomic E-state index is 6.08. The van der Waals surface area contributed by atoms with Gasteiger partial charge in [0, 0.05) is 10.6 Å². The molecule has 0 atom stereocenters. The fourth-order valence-electron chi connectivity index (χ4n) is 1.67. The molecule has 0 radical (unpaired) electrons. The molecule has 0 aliphatic rings. The van der Waals surface area contributed by atoms with Gasteiger partial charge in [0.2, 0.25) is 0 Å². The van der Waals surface area contributed by atoms with Gasteiger partial charge in [0.15, 0.2) is 0 Å². The first-order chi connectivity index (χ1) is 7.72. The SMILES string of the molecule is CNCc1ccc(-c2cccc(Cl)c2C)o1.Cl. The molecule has 1 N–H and O–H groups in total. The van der Waals surface area contributed by atoms with Crippen molar-refractivity contribution in [1.82, 2.24) is 5.32 Å². The predicted molar refractivity (Wildman–Crippen MR) is 73.9 cm³/mol. The first-order valence-corrected chi connectivity index (χ1v) is 5.59. The number of nitrogens with one attached hydrogen (secondary N) is 1. The summed E-state index contributed by atoms with van der Waals surface area (Å²) in [5.74, 6) is 1.79. The fourth-order valence-corrected chi connectivity index (χ4v) is 1.84. The van der Waals surface area contributed by atoms with Crippen LogP contribution in [-0.4, -0.2) is 7.05 Å². The number of furan rings is 1. The van der Waals surface area contributed by atoms with Gasteiger partial charge in [-0.2, -0.15) is 0 Å². The van der Waals surface area contributed by atoms with E-state index in [-0.39, 0.29) is 12.4 Å². The summed E-state index contributed by atoms with van der Waals surface area (Å²) in [6, 6.07) is 9.80. The fraction of sp³-hybridized carbons (Fsp3) is 0.231. The lowest BCUT2D eigenvalue weighted by atomic mass is 10.1. The lowest BCUT2D eigenvalue weighted by Gasteiger charge is -2.04. The van der Waals surface area contributed by atoms with Crippen LogP contribution in [0.15, 0.2) is 34.7 Å². The summed E-state index contributed by atoms with van der Waals surface area (Å²) in [7, 11) is 1.90. The van der Waals surface area contributed by atoms with Gasteiger partial charge in [-0.25, -0.2) is 0 Å². The summed E-state index contributed by atoms with van der Waals surface area (Å²) in [5.41, 5.74) is 2.10. The first-order valence-electron chi connectivity index (χ1n) is 5.21. The topological polar surface area (TPSA) is 25.2 Å². The van der Waals surface area contributed by atoms with E-state index < -0.39 is 0 Å². The van der Waals surface area contributed by atoms with Crippen LogP contribution in [0.3, 0.4) is 0 Å². The molecular formula is C13H15Cl2NO. The van der Waals surface area contributed by atoms with Gasteiger partial charge >= 0.3 is 0 Å². The van der Waals surface area contributed by atoms with Crippen molar-refractivity contribution in [1.29, 1.82) is 0 Å². The molecule has 0 aliphatic carbocycles. The van der Waals surface area contributed by atoms with Crippen LogP contribution in [0.4, 0.5) is 0 Å². The average molecular weight is 272 g/mol. The third kappa shape index (κ3) is 3.03. The minimum Gasteiger partial charge on any atom is -0.460 e. The highest BCUT2D eigenvalue weighted by molar-refractivity contribution is 6.31. The highest BCUT2D eigenvalue weighted by Crippen LogP contribution is 2.29. The summed E-state index contributed by atoms with van der Waals surface area (Å²) in [6.45, 7) is 2.73. The van der Waals surface area contributed by atoms with Gasteiger partial charge in [0.05, 0.1) is 6.54 Å². The summed E-state index contributed by atoms with van der Waals surface area (Å²) in [4.78, 5) is 0. The van der Waals surface area contributed by atoms with E-state index in [0.717, 1.165) is 34.2 Å². The average Bonchev–Trinajstić information content (AvgIpc) is 2.71.